The summed E-state index contributed by atoms with van der Waals surface area (Å²) in [6.45, 7) is 8.17. The van der Waals surface area contributed by atoms with Crippen LogP contribution in [-0.4, -0.2) is 35.7 Å². The van der Waals surface area contributed by atoms with E-state index in [9.17, 15) is 14.7 Å². The first kappa shape index (κ1) is 21.4. The summed E-state index contributed by atoms with van der Waals surface area (Å²) in [5, 5.41) is 10.6. The first-order valence-electron chi connectivity index (χ1n) is 9.92. The first-order chi connectivity index (χ1) is 14.5. The Balaban J connectivity index is 1.91. The monoisotopic (exact) mass is 411 g/mol. The third-order valence-electron chi connectivity index (χ3n) is 4.86. The van der Waals surface area contributed by atoms with E-state index >= 15 is 0 Å². The van der Waals surface area contributed by atoms with Gasteiger partial charge in [-0.1, -0.05) is 13.8 Å². The lowest BCUT2D eigenvalue weighted by Gasteiger charge is -2.19. The molecule has 158 valence electrons. The molecule has 0 saturated heterocycles. The summed E-state index contributed by atoms with van der Waals surface area (Å²) in [5.41, 5.74) is 0.966. The van der Waals surface area contributed by atoms with Crippen molar-refractivity contribution in [1.29, 1.82) is 0 Å². The molecule has 0 aliphatic carbocycles. The van der Waals surface area contributed by atoms with Crippen molar-refractivity contribution in [3.8, 4) is 17.2 Å². The van der Waals surface area contributed by atoms with E-state index in [1.807, 2.05) is 13.8 Å². The van der Waals surface area contributed by atoms with Crippen LogP contribution in [0.25, 0.3) is 11.0 Å². The molecule has 30 heavy (non-hydrogen) atoms. The lowest BCUT2D eigenvalue weighted by molar-refractivity contribution is 0.0526. The van der Waals surface area contributed by atoms with E-state index in [1.165, 1.54) is 18.4 Å². The highest BCUT2D eigenvalue weighted by Crippen LogP contribution is 2.29. The number of fused-ring (bicyclic) bond motifs is 1. The predicted octanol–water partition coefficient (Wildman–Crippen LogP) is 4.31. The second-order valence-corrected chi connectivity index (χ2v) is 6.68. The van der Waals surface area contributed by atoms with Gasteiger partial charge in [0.2, 0.25) is 11.2 Å². The number of benzene rings is 2. The zero-order chi connectivity index (χ0) is 21.7. The van der Waals surface area contributed by atoms with Crippen LogP contribution in [-0.2, 0) is 11.3 Å². The molecule has 3 aromatic rings. The Morgan fingerprint density at radius 2 is 1.77 bits per heavy atom. The average molecular weight is 411 g/mol. The fourth-order valence-corrected chi connectivity index (χ4v) is 3.12. The Hall–Kier alpha value is -3.32. The van der Waals surface area contributed by atoms with E-state index in [4.69, 9.17) is 13.9 Å². The number of phenols is 1. The Morgan fingerprint density at radius 1 is 1.07 bits per heavy atom. The number of rotatable bonds is 8. The van der Waals surface area contributed by atoms with Gasteiger partial charge in [-0.15, -0.1) is 0 Å². The predicted molar refractivity (Wildman–Crippen MR) is 113 cm³/mol. The molecule has 0 spiro atoms. The third-order valence-corrected chi connectivity index (χ3v) is 4.86. The van der Waals surface area contributed by atoms with Crippen molar-refractivity contribution in [2.45, 2.75) is 27.3 Å². The van der Waals surface area contributed by atoms with Crippen LogP contribution >= 0.6 is 0 Å². The second kappa shape index (κ2) is 9.45. The summed E-state index contributed by atoms with van der Waals surface area (Å²) in [5.74, 6) is 0.0679. The van der Waals surface area contributed by atoms with Crippen LogP contribution in [0.5, 0.6) is 17.2 Å². The van der Waals surface area contributed by atoms with E-state index in [0.717, 1.165) is 13.1 Å². The standard InChI is InChI=1S/C23H25NO6/c1-4-24(5-2)13-18-19(25)12-11-17-21(26)20(14-29-22(17)18)30-16-9-7-15(8-10-16)23(27)28-6-3/h7-12,14,25H,4-6,13H2,1-3H3. The fourth-order valence-electron chi connectivity index (χ4n) is 3.12. The number of carbonyl (C=O) groups excluding carboxylic acids is 1. The molecule has 0 unspecified atom stereocenters. The normalized spacial score (nSPS) is 11.1. The number of aromatic hydroxyl groups is 1. The molecule has 0 amide bonds. The lowest BCUT2D eigenvalue weighted by Crippen LogP contribution is -2.22. The number of carbonyl (C=O) groups is 1. The minimum atomic E-state index is -0.421. The van der Waals surface area contributed by atoms with Crippen LogP contribution in [0.4, 0.5) is 0 Å². The molecule has 0 radical (unpaired) electrons. The van der Waals surface area contributed by atoms with Gasteiger partial charge in [0.15, 0.2) is 0 Å². The van der Waals surface area contributed by atoms with Gasteiger partial charge in [0.1, 0.15) is 23.3 Å². The molecule has 7 heteroatoms. The van der Waals surface area contributed by atoms with Crippen LogP contribution in [0.3, 0.4) is 0 Å². The highest BCUT2D eigenvalue weighted by molar-refractivity contribution is 5.89. The summed E-state index contributed by atoms with van der Waals surface area (Å²) in [6.07, 6.45) is 1.25. The van der Waals surface area contributed by atoms with Gasteiger partial charge in [0, 0.05) is 6.54 Å². The minimum Gasteiger partial charge on any atom is -0.507 e. The van der Waals surface area contributed by atoms with Gasteiger partial charge in [-0.2, -0.15) is 0 Å². The Kier molecular flexibility index (Phi) is 6.74. The van der Waals surface area contributed by atoms with Gasteiger partial charge in [0.05, 0.1) is 23.1 Å². The van der Waals surface area contributed by atoms with Crippen LogP contribution in [0.2, 0.25) is 0 Å². The molecule has 1 aromatic heterocycles. The van der Waals surface area contributed by atoms with Gasteiger partial charge in [-0.05, 0) is 56.4 Å². The van der Waals surface area contributed by atoms with Crippen molar-refractivity contribution >= 4 is 16.9 Å². The fraction of sp³-hybridized carbons (Fsp3) is 0.304. The van der Waals surface area contributed by atoms with Crippen LogP contribution in [0, 0.1) is 0 Å². The highest BCUT2D eigenvalue weighted by Gasteiger charge is 2.17. The van der Waals surface area contributed by atoms with E-state index < -0.39 is 5.97 Å². The topological polar surface area (TPSA) is 89.2 Å². The molecule has 0 saturated carbocycles. The molecule has 0 aliphatic heterocycles. The van der Waals surface area contributed by atoms with E-state index in [-0.39, 0.29) is 16.9 Å². The molecule has 0 atom stereocenters. The smallest absolute Gasteiger partial charge is 0.338 e. The van der Waals surface area contributed by atoms with Crippen molar-refractivity contribution in [1.82, 2.24) is 4.90 Å². The maximum Gasteiger partial charge on any atom is 0.338 e. The Bertz CT molecular complexity index is 1080. The van der Waals surface area contributed by atoms with Crippen molar-refractivity contribution in [3.63, 3.8) is 0 Å². The molecule has 0 fully saturated rings. The molecule has 3 rings (SSSR count). The van der Waals surface area contributed by atoms with Crippen molar-refractivity contribution in [2.75, 3.05) is 19.7 Å². The molecular weight excluding hydrogens is 386 g/mol. The molecule has 0 aliphatic rings. The summed E-state index contributed by atoms with van der Waals surface area (Å²) >= 11 is 0. The number of nitrogens with zero attached hydrogens (tertiary/aromatic N) is 1. The van der Waals surface area contributed by atoms with Crippen molar-refractivity contribution in [3.05, 3.63) is 64.0 Å². The van der Waals surface area contributed by atoms with Gasteiger partial charge in [0.25, 0.3) is 0 Å². The van der Waals surface area contributed by atoms with E-state index in [1.54, 1.807) is 31.2 Å². The largest absolute Gasteiger partial charge is 0.507 e. The number of phenolic OH excluding ortho intramolecular Hbond substituents is 1. The third kappa shape index (κ3) is 4.46. The van der Waals surface area contributed by atoms with E-state index in [0.29, 0.717) is 41.0 Å². The van der Waals surface area contributed by atoms with Gasteiger partial charge in [-0.25, -0.2) is 4.79 Å². The Morgan fingerprint density at radius 3 is 2.40 bits per heavy atom. The van der Waals surface area contributed by atoms with Gasteiger partial charge < -0.3 is 19.0 Å². The summed E-state index contributed by atoms with van der Waals surface area (Å²) in [6, 6.07) is 9.32. The highest BCUT2D eigenvalue weighted by atomic mass is 16.5. The summed E-state index contributed by atoms with van der Waals surface area (Å²) < 4.78 is 16.3. The second-order valence-electron chi connectivity index (χ2n) is 6.68. The van der Waals surface area contributed by atoms with Gasteiger partial charge in [-0.3, -0.25) is 9.69 Å². The zero-order valence-corrected chi connectivity index (χ0v) is 17.3. The minimum absolute atomic E-state index is 0.0193. The number of hydrogen-bond acceptors (Lipinski definition) is 7. The van der Waals surface area contributed by atoms with Crippen LogP contribution in [0.15, 0.2) is 51.9 Å². The summed E-state index contributed by atoms with van der Waals surface area (Å²) in [7, 11) is 0. The van der Waals surface area contributed by atoms with Crippen LogP contribution < -0.4 is 10.2 Å². The van der Waals surface area contributed by atoms with Crippen molar-refractivity contribution < 1.29 is 23.8 Å². The first-order valence-corrected chi connectivity index (χ1v) is 9.92. The Labute approximate surface area is 174 Å². The molecule has 1 N–H and O–H groups in total. The quantitative estimate of drug-likeness (QED) is 0.553. The average Bonchev–Trinajstić information content (AvgIpc) is 2.75. The SMILES string of the molecule is CCOC(=O)c1ccc(Oc2coc3c(CN(CC)CC)c(O)ccc3c2=O)cc1. The molecular formula is C23H25NO6. The van der Waals surface area contributed by atoms with Crippen molar-refractivity contribution in [2.24, 2.45) is 0 Å². The maximum atomic E-state index is 12.9. The van der Waals surface area contributed by atoms with Crippen LogP contribution in [0.1, 0.15) is 36.7 Å². The lowest BCUT2D eigenvalue weighted by atomic mass is 10.1. The molecule has 1 heterocycles. The number of esters is 1. The maximum absolute atomic E-state index is 12.9. The molecule has 7 nitrogen and oxygen atoms in total. The molecule has 0 bridgehead atoms. The van der Waals surface area contributed by atoms with E-state index in [2.05, 4.69) is 4.90 Å². The summed E-state index contributed by atoms with van der Waals surface area (Å²) in [4.78, 5) is 26.8. The molecule has 2 aromatic carbocycles. The van der Waals surface area contributed by atoms with Gasteiger partial charge >= 0.3 is 5.97 Å². The number of ether oxygens (including phenoxy) is 2. The zero-order valence-electron chi connectivity index (χ0n) is 17.3. The number of hydrogen-bond donors (Lipinski definition) is 1.